The van der Waals surface area contributed by atoms with E-state index in [4.69, 9.17) is 4.74 Å². The summed E-state index contributed by atoms with van der Waals surface area (Å²) in [5.74, 6) is 0. The van der Waals surface area contributed by atoms with Crippen LogP contribution < -0.4 is 4.74 Å². The normalized spacial score (nSPS) is 12.4. The van der Waals surface area contributed by atoms with Crippen molar-refractivity contribution < 1.29 is 4.74 Å². The number of alkyl halides is 1. The summed E-state index contributed by atoms with van der Waals surface area (Å²) in [7, 11) is 1.70. The molecule has 2 aromatic rings. The van der Waals surface area contributed by atoms with Gasteiger partial charge in [0.25, 0.3) is 0 Å². The predicted octanol–water partition coefficient (Wildman–Crippen LogP) is 4.24. The van der Waals surface area contributed by atoms with Crippen molar-refractivity contribution in [1.82, 2.24) is 0 Å². The van der Waals surface area contributed by atoms with Crippen molar-refractivity contribution >= 4 is 27.3 Å². The molecule has 0 spiro atoms. The lowest BCUT2D eigenvalue weighted by Gasteiger charge is -2.06. The van der Waals surface area contributed by atoms with E-state index in [2.05, 4.69) is 46.3 Å². The second-order valence-corrected chi connectivity index (χ2v) is 5.13. The lowest BCUT2D eigenvalue weighted by Crippen LogP contribution is -1.87. The number of ether oxygens (including phenoxy) is 1. The molecule has 0 aliphatic carbocycles. The van der Waals surface area contributed by atoms with Crippen LogP contribution in [0.25, 0.3) is 0 Å². The number of methoxy groups -OCH3 is 1. The van der Waals surface area contributed by atoms with Crippen molar-refractivity contribution in [2.24, 2.45) is 0 Å². The van der Waals surface area contributed by atoms with Gasteiger partial charge in [-0.15, -0.1) is 11.3 Å². The molecule has 15 heavy (non-hydrogen) atoms. The van der Waals surface area contributed by atoms with Gasteiger partial charge in [0, 0.05) is 4.88 Å². The van der Waals surface area contributed by atoms with E-state index in [1.165, 1.54) is 10.4 Å². The number of benzene rings is 1. The van der Waals surface area contributed by atoms with Crippen molar-refractivity contribution in [2.75, 3.05) is 7.11 Å². The van der Waals surface area contributed by atoms with E-state index in [9.17, 15) is 0 Å². The fourth-order valence-corrected chi connectivity index (χ4v) is 2.93. The van der Waals surface area contributed by atoms with Crippen molar-refractivity contribution in [3.05, 3.63) is 52.9 Å². The standard InChI is InChI=1S/C12H11BrOS/c1-14-11-8-7-10(15-11)12(13)9-5-3-2-4-6-9/h2-8,12H,1H3. The molecule has 78 valence electrons. The Labute approximate surface area is 102 Å². The zero-order valence-corrected chi connectivity index (χ0v) is 10.7. The number of halogens is 1. The summed E-state index contributed by atoms with van der Waals surface area (Å²) in [6, 6.07) is 14.4. The predicted molar refractivity (Wildman–Crippen MR) is 68.1 cm³/mol. The Morgan fingerprint density at radius 3 is 2.47 bits per heavy atom. The Balaban J connectivity index is 2.24. The van der Waals surface area contributed by atoms with E-state index in [-0.39, 0.29) is 4.83 Å². The fraction of sp³-hybridized carbons (Fsp3) is 0.167. The largest absolute Gasteiger partial charge is 0.487 e. The monoisotopic (exact) mass is 282 g/mol. The number of hydrogen-bond donors (Lipinski definition) is 0. The van der Waals surface area contributed by atoms with E-state index in [0.717, 1.165) is 5.06 Å². The molecule has 0 amide bonds. The third kappa shape index (κ3) is 2.41. The van der Waals surface area contributed by atoms with Gasteiger partial charge in [0.05, 0.1) is 11.9 Å². The van der Waals surface area contributed by atoms with Gasteiger partial charge in [0.1, 0.15) is 0 Å². The average Bonchev–Trinajstić information content (AvgIpc) is 2.78. The van der Waals surface area contributed by atoms with Crippen LogP contribution in [0, 0.1) is 0 Å². The van der Waals surface area contributed by atoms with E-state index in [0.29, 0.717) is 0 Å². The van der Waals surface area contributed by atoms with Gasteiger partial charge in [-0.05, 0) is 17.7 Å². The summed E-state index contributed by atoms with van der Waals surface area (Å²) in [4.78, 5) is 1.52. The first-order valence-corrected chi connectivity index (χ1v) is 6.37. The molecule has 0 saturated carbocycles. The fourth-order valence-electron chi connectivity index (χ4n) is 1.37. The van der Waals surface area contributed by atoms with Crippen LogP contribution in [0.3, 0.4) is 0 Å². The molecule has 0 saturated heterocycles. The maximum absolute atomic E-state index is 5.18. The van der Waals surface area contributed by atoms with Gasteiger partial charge in [-0.1, -0.05) is 46.3 Å². The van der Waals surface area contributed by atoms with Crippen molar-refractivity contribution in [2.45, 2.75) is 4.83 Å². The minimum absolute atomic E-state index is 0.257. The minimum Gasteiger partial charge on any atom is -0.487 e. The van der Waals surface area contributed by atoms with Crippen LogP contribution in [0.1, 0.15) is 15.3 Å². The second kappa shape index (κ2) is 4.81. The maximum atomic E-state index is 5.18. The van der Waals surface area contributed by atoms with Crippen LogP contribution in [0.2, 0.25) is 0 Å². The summed E-state index contributed by atoms with van der Waals surface area (Å²) in [5.41, 5.74) is 1.27. The number of rotatable bonds is 3. The average molecular weight is 283 g/mol. The smallest absolute Gasteiger partial charge is 0.173 e. The van der Waals surface area contributed by atoms with Crippen LogP contribution in [-0.2, 0) is 0 Å². The van der Waals surface area contributed by atoms with Crippen LogP contribution in [-0.4, -0.2) is 7.11 Å². The molecule has 1 heterocycles. The van der Waals surface area contributed by atoms with E-state index >= 15 is 0 Å². The van der Waals surface area contributed by atoms with Crippen LogP contribution >= 0.6 is 27.3 Å². The van der Waals surface area contributed by atoms with Crippen LogP contribution in [0.5, 0.6) is 5.06 Å². The lowest BCUT2D eigenvalue weighted by molar-refractivity contribution is 0.427. The first-order chi connectivity index (χ1) is 7.31. The van der Waals surface area contributed by atoms with E-state index in [1.54, 1.807) is 18.4 Å². The molecular weight excluding hydrogens is 272 g/mol. The molecule has 0 bridgehead atoms. The zero-order chi connectivity index (χ0) is 10.7. The van der Waals surface area contributed by atoms with Gasteiger partial charge in [0.15, 0.2) is 5.06 Å². The highest BCUT2D eigenvalue weighted by molar-refractivity contribution is 9.09. The minimum atomic E-state index is 0.257. The van der Waals surface area contributed by atoms with Gasteiger partial charge >= 0.3 is 0 Å². The molecule has 0 aliphatic heterocycles. The molecule has 0 N–H and O–H groups in total. The Kier molecular flexibility index (Phi) is 3.44. The third-order valence-electron chi connectivity index (χ3n) is 2.15. The van der Waals surface area contributed by atoms with Gasteiger partial charge < -0.3 is 4.74 Å². The lowest BCUT2D eigenvalue weighted by atomic mass is 10.1. The molecule has 1 unspecified atom stereocenters. The van der Waals surface area contributed by atoms with Crippen LogP contribution in [0.4, 0.5) is 0 Å². The van der Waals surface area contributed by atoms with Gasteiger partial charge in [-0.3, -0.25) is 0 Å². The van der Waals surface area contributed by atoms with E-state index < -0.39 is 0 Å². The Morgan fingerprint density at radius 1 is 1.13 bits per heavy atom. The van der Waals surface area contributed by atoms with Crippen molar-refractivity contribution in [1.29, 1.82) is 0 Å². The van der Waals surface area contributed by atoms with E-state index in [1.807, 2.05) is 12.1 Å². The summed E-state index contributed by atoms with van der Waals surface area (Å²) < 4.78 is 5.18. The highest BCUT2D eigenvalue weighted by Crippen LogP contribution is 2.37. The molecule has 1 nitrogen and oxygen atoms in total. The second-order valence-electron chi connectivity index (χ2n) is 3.13. The third-order valence-corrected chi connectivity index (χ3v) is 4.58. The molecule has 0 radical (unpaired) electrons. The van der Waals surface area contributed by atoms with Gasteiger partial charge in [-0.25, -0.2) is 0 Å². The molecule has 2 rings (SSSR count). The molecule has 1 aromatic heterocycles. The molecule has 0 aliphatic rings. The molecule has 1 atom stereocenters. The quantitative estimate of drug-likeness (QED) is 0.765. The zero-order valence-electron chi connectivity index (χ0n) is 8.31. The van der Waals surface area contributed by atoms with Crippen molar-refractivity contribution in [3.63, 3.8) is 0 Å². The Bertz CT molecular complexity index is 424. The summed E-state index contributed by atoms with van der Waals surface area (Å²) in [5, 5.41) is 0.949. The molecule has 0 fully saturated rings. The Morgan fingerprint density at radius 2 is 1.87 bits per heavy atom. The summed E-state index contributed by atoms with van der Waals surface area (Å²) >= 11 is 5.36. The number of hydrogen-bond acceptors (Lipinski definition) is 2. The topological polar surface area (TPSA) is 9.23 Å². The molecule has 1 aromatic carbocycles. The number of thiophene rings is 1. The highest BCUT2D eigenvalue weighted by Gasteiger charge is 2.12. The highest BCUT2D eigenvalue weighted by atomic mass is 79.9. The first kappa shape index (κ1) is 10.7. The maximum Gasteiger partial charge on any atom is 0.173 e. The molecule has 3 heteroatoms. The van der Waals surface area contributed by atoms with Crippen molar-refractivity contribution in [3.8, 4) is 5.06 Å². The molecular formula is C12H11BrOS. The Hall–Kier alpha value is -0.800. The van der Waals surface area contributed by atoms with Crippen LogP contribution in [0.15, 0.2) is 42.5 Å². The summed E-state index contributed by atoms with van der Waals surface area (Å²) in [6.45, 7) is 0. The SMILES string of the molecule is COc1ccc(C(Br)c2ccccc2)s1. The summed E-state index contributed by atoms with van der Waals surface area (Å²) in [6.07, 6.45) is 0. The first-order valence-electron chi connectivity index (χ1n) is 4.64. The van der Waals surface area contributed by atoms with Gasteiger partial charge in [0.2, 0.25) is 0 Å². The van der Waals surface area contributed by atoms with Gasteiger partial charge in [-0.2, -0.15) is 0 Å².